The van der Waals surface area contributed by atoms with Crippen molar-refractivity contribution in [3.05, 3.63) is 34.2 Å². The minimum Gasteiger partial charge on any atom is -0.309 e. The minimum atomic E-state index is 0.563. The summed E-state index contributed by atoms with van der Waals surface area (Å²) in [4.78, 5) is 1.26. The highest BCUT2D eigenvalue weighted by Crippen LogP contribution is 2.35. The number of halogens is 1. The van der Waals surface area contributed by atoms with Gasteiger partial charge in [0.05, 0.1) is 5.02 Å². The van der Waals surface area contributed by atoms with Crippen LogP contribution in [0.25, 0.3) is 10.1 Å². The SMILES string of the molecule is CCCCCCC(C)NCc1sc2ccccc2c1Cl. The van der Waals surface area contributed by atoms with Crippen molar-refractivity contribution >= 4 is 33.0 Å². The summed E-state index contributed by atoms with van der Waals surface area (Å²) in [5, 5.41) is 5.72. The summed E-state index contributed by atoms with van der Waals surface area (Å²) in [6.45, 7) is 5.41. The lowest BCUT2D eigenvalue weighted by Gasteiger charge is -2.13. The highest BCUT2D eigenvalue weighted by molar-refractivity contribution is 7.19. The molecule has 1 aromatic carbocycles. The van der Waals surface area contributed by atoms with Crippen molar-refractivity contribution in [2.75, 3.05) is 0 Å². The van der Waals surface area contributed by atoms with Crippen LogP contribution in [-0.2, 0) is 6.54 Å². The zero-order valence-electron chi connectivity index (χ0n) is 12.4. The molecule has 0 spiro atoms. The second-order valence-corrected chi connectivity index (χ2v) is 6.98. The molecule has 2 rings (SSSR count). The average molecular weight is 310 g/mol. The molecule has 1 nitrogen and oxygen atoms in total. The van der Waals surface area contributed by atoms with Crippen LogP contribution < -0.4 is 5.32 Å². The lowest BCUT2D eigenvalue weighted by molar-refractivity contribution is 0.484. The molecule has 1 unspecified atom stereocenters. The van der Waals surface area contributed by atoms with E-state index in [1.165, 1.54) is 47.1 Å². The largest absolute Gasteiger partial charge is 0.309 e. The molecule has 0 aliphatic rings. The Kier molecular flexibility index (Phi) is 6.34. The van der Waals surface area contributed by atoms with Gasteiger partial charge in [-0.2, -0.15) is 0 Å². The number of thiophene rings is 1. The zero-order valence-corrected chi connectivity index (χ0v) is 14.0. The van der Waals surface area contributed by atoms with Crippen LogP contribution in [0.5, 0.6) is 0 Å². The summed E-state index contributed by atoms with van der Waals surface area (Å²) in [6, 6.07) is 8.93. The van der Waals surface area contributed by atoms with Crippen LogP contribution in [-0.4, -0.2) is 6.04 Å². The van der Waals surface area contributed by atoms with E-state index < -0.39 is 0 Å². The predicted molar refractivity (Wildman–Crippen MR) is 91.9 cm³/mol. The van der Waals surface area contributed by atoms with E-state index in [9.17, 15) is 0 Å². The zero-order chi connectivity index (χ0) is 14.4. The molecule has 1 atom stereocenters. The van der Waals surface area contributed by atoms with Crippen LogP contribution in [0, 0.1) is 0 Å². The molecule has 0 aliphatic carbocycles. The first-order valence-corrected chi connectivity index (χ1v) is 8.81. The van der Waals surface area contributed by atoms with Crippen molar-refractivity contribution in [1.29, 1.82) is 0 Å². The van der Waals surface area contributed by atoms with Crippen LogP contribution in [0.1, 0.15) is 50.8 Å². The van der Waals surface area contributed by atoms with Gasteiger partial charge in [-0.3, -0.25) is 0 Å². The summed E-state index contributed by atoms with van der Waals surface area (Å²) in [6.07, 6.45) is 6.59. The Morgan fingerprint density at radius 2 is 2.00 bits per heavy atom. The average Bonchev–Trinajstić information content (AvgIpc) is 2.78. The van der Waals surface area contributed by atoms with Gasteiger partial charge in [-0.15, -0.1) is 11.3 Å². The predicted octanol–water partition coefficient (Wildman–Crippen LogP) is 6.00. The Balaban J connectivity index is 1.84. The van der Waals surface area contributed by atoms with Gasteiger partial charge in [0.2, 0.25) is 0 Å². The van der Waals surface area contributed by atoms with Gasteiger partial charge in [-0.25, -0.2) is 0 Å². The Labute approximate surface area is 131 Å². The van der Waals surface area contributed by atoms with E-state index >= 15 is 0 Å². The number of fused-ring (bicyclic) bond motifs is 1. The fraction of sp³-hybridized carbons (Fsp3) is 0.529. The maximum Gasteiger partial charge on any atom is 0.0636 e. The van der Waals surface area contributed by atoms with E-state index in [4.69, 9.17) is 11.6 Å². The molecule has 0 aliphatic heterocycles. The van der Waals surface area contributed by atoms with E-state index in [0.717, 1.165) is 11.6 Å². The monoisotopic (exact) mass is 309 g/mol. The third-order valence-corrected chi connectivity index (χ3v) is 5.42. The quantitative estimate of drug-likeness (QED) is 0.589. The van der Waals surface area contributed by atoms with E-state index in [2.05, 4.69) is 43.4 Å². The Morgan fingerprint density at radius 1 is 1.20 bits per heavy atom. The molecule has 0 amide bonds. The number of nitrogens with one attached hydrogen (secondary N) is 1. The molecule has 0 radical (unpaired) electrons. The Hall–Kier alpha value is -0.570. The molecule has 0 saturated heterocycles. The van der Waals surface area contributed by atoms with Crippen molar-refractivity contribution in [3.63, 3.8) is 0 Å². The molecule has 20 heavy (non-hydrogen) atoms. The number of rotatable bonds is 8. The van der Waals surface area contributed by atoms with Crippen LogP contribution in [0.15, 0.2) is 24.3 Å². The van der Waals surface area contributed by atoms with E-state index in [1.54, 1.807) is 11.3 Å². The minimum absolute atomic E-state index is 0.563. The van der Waals surface area contributed by atoms with Crippen molar-refractivity contribution in [3.8, 4) is 0 Å². The number of unbranched alkanes of at least 4 members (excludes halogenated alkanes) is 3. The molecule has 1 heterocycles. The topological polar surface area (TPSA) is 12.0 Å². The standard InChI is InChI=1S/C17H24ClNS/c1-3-4-5-6-9-13(2)19-12-16-17(18)14-10-7-8-11-15(14)20-16/h7-8,10-11,13,19H,3-6,9,12H2,1-2H3. The van der Waals surface area contributed by atoms with Crippen LogP contribution in [0.4, 0.5) is 0 Å². The summed E-state index contributed by atoms with van der Waals surface area (Å²) < 4.78 is 1.28. The van der Waals surface area contributed by atoms with Gasteiger partial charge >= 0.3 is 0 Å². The maximum atomic E-state index is 6.46. The molecule has 0 saturated carbocycles. The molecular weight excluding hydrogens is 286 g/mol. The van der Waals surface area contributed by atoms with Crippen molar-refractivity contribution < 1.29 is 0 Å². The van der Waals surface area contributed by atoms with Crippen LogP contribution in [0.2, 0.25) is 5.02 Å². The normalized spacial score (nSPS) is 12.9. The summed E-state index contributed by atoms with van der Waals surface area (Å²) in [5.74, 6) is 0. The lowest BCUT2D eigenvalue weighted by atomic mass is 10.1. The number of hydrogen-bond acceptors (Lipinski definition) is 2. The van der Waals surface area contributed by atoms with Gasteiger partial charge in [0, 0.05) is 27.5 Å². The summed E-state index contributed by atoms with van der Waals surface area (Å²) >= 11 is 8.26. The van der Waals surface area contributed by atoms with Crippen molar-refractivity contribution in [1.82, 2.24) is 5.32 Å². The van der Waals surface area contributed by atoms with Gasteiger partial charge in [0.1, 0.15) is 0 Å². The van der Waals surface area contributed by atoms with Gasteiger partial charge in [0.25, 0.3) is 0 Å². The van der Waals surface area contributed by atoms with Crippen LogP contribution >= 0.6 is 22.9 Å². The van der Waals surface area contributed by atoms with E-state index in [0.29, 0.717) is 6.04 Å². The van der Waals surface area contributed by atoms with Gasteiger partial charge < -0.3 is 5.32 Å². The van der Waals surface area contributed by atoms with Crippen molar-refractivity contribution in [2.24, 2.45) is 0 Å². The van der Waals surface area contributed by atoms with Crippen molar-refractivity contribution in [2.45, 2.75) is 58.5 Å². The lowest BCUT2D eigenvalue weighted by Crippen LogP contribution is -2.24. The first-order valence-electron chi connectivity index (χ1n) is 7.61. The van der Waals surface area contributed by atoms with E-state index in [1.807, 2.05) is 0 Å². The molecular formula is C17H24ClNS. The molecule has 1 aromatic heterocycles. The maximum absolute atomic E-state index is 6.46. The van der Waals surface area contributed by atoms with Gasteiger partial charge in [-0.05, 0) is 19.4 Å². The smallest absolute Gasteiger partial charge is 0.0636 e. The molecule has 0 fully saturated rings. The van der Waals surface area contributed by atoms with Gasteiger partial charge in [0.15, 0.2) is 0 Å². The molecule has 0 bridgehead atoms. The summed E-state index contributed by atoms with van der Waals surface area (Å²) in [7, 11) is 0. The highest BCUT2D eigenvalue weighted by atomic mass is 35.5. The number of hydrogen-bond donors (Lipinski definition) is 1. The second kappa shape index (κ2) is 8.02. The van der Waals surface area contributed by atoms with Crippen LogP contribution in [0.3, 0.4) is 0 Å². The first-order chi connectivity index (χ1) is 9.72. The molecule has 3 heteroatoms. The Morgan fingerprint density at radius 3 is 2.75 bits per heavy atom. The fourth-order valence-corrected chi connectivity index (χ4v) is 3.88. The molecule has 2 aromatic rings. The third-order valence-electron chi connectivity index (χ3n) is 3.70. The summed E-state index contributed by atoms with van der Waals surface area (Å²) in [5.41, 5.74) is 0. The Bertz CT molecular complexity index is 535. The van der Waals surface area contributed by atoms with Gasteiger partial charge in [-0.1, -0.05) is 62.4 Å². The first kappa shape index (κ1) is 15.8. The molecule has 1 N–H and O–H groups in total. The van der Waals surface area contributed by atoms with E-state index in [-0.39, 0.29) is 0 Å². The number of benzene rings is 1. The molecule has 110 valence electrons. The fourth-order valence-electron chi connectivity index (χ4n) is 2.42. The third kappa shape index (κ3) is 4.21. The second-order valence-electron chi connectivity index (χ2n) is 5.47. The highest BCUT2D eigenvalue weighted by Gasteiger charge is 2.10.